The molecule has 2 heterocycles. The second-order valence-corrected chi connectivity index (χ2v) is 6.93. The highest BCUT2D eigenvalue weighted by Gasteiger charge is 2.48. The number of cyclic esters (lactones) is 1. The number of rotatable bonds is 5. The quantitative estimate of drug-likeness (QED) is 0.818. The zero-order valence-electron chi connectivity index (χ0n) is 12.4. The number of imide groups is 1. The lowest BCUT2D eigenvalue weighted by atomic mass is 10.1. The molecule has 1 aliphatic heterocycles. The third-order valence-electron chi connectivity index (χ3n) is 3.71. The van der Waals surface area contributed by atoms with Gasteiger partial charge < -0.3 is 9.64 Å². The number of carbonyl (C=O) groups excluding carboxylic acids is 3. The highest BCUT2D eigenvalue weighted by Crippen LogP contribution is 2.30. The number of hydrogen-bond acceptors (Lipinski definition) is 6. The van der Waals surface area contributed by atoms with E-state index in [1.165, 1.54) is 25.2 Å². The summed E-state index contributed by atoms with van der Waals surface area (Å²) in [6, 6.07) is 0.179. The summed E-state index contributed by atoms with van der Waals surface area (Å²) in [5.74, 6) is -0.725. The number of carbonyl (C=O) groups is 3. The molecule has 1 saturated carbocycles. The lowest BCUT2D eigenvalue weighted by Crippen LogP contribution is -2.44. The zero-order chi connectivity index (χ0) is 15.9. The van der Waals surface area contributed by atoms with E-state index < -0.39 is 17.6 Å². The summed E-state index contributed by atoms with van der Waals surface area (Å²) in [4.78, 5) is 43.1. The minimum Gasteiger partial charge on any atom is -0.433 e. The molecule has 1 saturated heterocycles. The summed E-state index contributed by atoms with van der Waals surface area (Å²) in [7, 11) is 0. The molecule has 0 spiro atoms. The molecule has 3 amide bonds. The van der Waals surface area contributed by atoms with Crippen molar-refractivity contribution >= 4 is 29.2 Å². The third kappa shape index (κ3) is 2.83. The topological polar surface area (TPSA) is 79.8 Å². The van der Waals surface area contributed by atoms with Crippen molar-refractivity contribution in [3.63, 3.8) is 0 Å². The molecule has 8 heteroatoms. The van der Waals surface area contributed by atoms with Gasteiger partial charge in [0.25, 0.3) is 5.91 Å². The van der Waals surface area contributed by atoms with Crippen molar-refractivity contribution in [1.29, 1.82) is 0 Å². The molecule has 118 valence electrons. The summed E-state index contributed by atoms with van der Waals surface area (Å²) in [5.41, 5.74) is -1.20. The van der Waals surface area contributed by atoms with Crippen molar-refractivity contribution in [2.24, 2.45) is 0 Å². The molecule has 2 fully saturated rings. The Morgan fingerprint density at radius 2 is 2.23 bits per heavy atom. The Morgan fingerprint density at radius 3 is 2.73 bits per heavy atom. The zero-order valence-corrected chi connectivity index (χ0v) is 13.3. The first kappa shape index (κ1) is 15.0. The van der Waals surface area contributed by atoms with E-state index in [9.17, 15) is 14.4 Å². The van der Waals surface area contributed by atoms with Crippen LogP contribution in [0.25, 0.3) is 0 Å². The summed E-state index contributed by atoms with van der Waals surface area (Å²) >= 11 is 1.48. The van der Waals surface area contributed by atoms with Crippen LogP contribution in [-0.2, 0) is 20.9 Å². The smallest absolute Gasteiger partial charge is 0.418 e. The molecule has 1 aromatic heterocycles. The molecule has 0 atom stereocenters. The molecule has 0 N–H and O–H groups in total. The van der Waals surface area contributed by atoms with Crippen LogP contribution < -0.4 is 0 Å². The van der Waals surface area contributed by atoms with Crippen molar-refractivity contribution in [2.45, 2.75) is 44.9 Å². The Bertz CT molecular complexity index is 610. The first-order chi connectivity index (χ1) is 10.4. The monoisotopic (exact) mass is 323 g/mol. The Labute approximate surface area is 131 Å². The number of hydrogen-bond donors (Lipinski definition) is 0. The minimum atomic E-state index is -1.20. The van der Waals surface area contributed by atoms with E-state index in [1.807, 2.05) is 5.38 Å². The van der Waals surface area contributed by atoms with E-state index in [4.69, 9.17) is 4.74 Å². The minimum absolute atomic E-state index is 0.179. The van der Waals surface area contributed by atoms with Crippen LogP contribution in [0.3, 0.4) is 0 Å². The van der Waals surface area contributed by atoms with Gasteiger partial charge in [-0.05, 0) is 26.7 Å². The molecule has 3 rings (SSSR count). The molecule has 2 aliphatic rings. The first-order valence-corrected chi connectivity index (χ1v) is 7.99. The van der Waals surface area contributed by atoms with Gasteiger partial charge in [0.1, 0.15) is 11.6 Å². The third-order valence-corrected chi connectivity index (χ3v) is 4.48. The molecular formula is C14H17N3O4S. The predicted molar refractivity (Wildman–Crippen MR) is 78.0 cm³/mol. The van der Waals surface area contributed by atoms with Crippen LogP contribution in [0.1, 0.15) is 31.7 Å². The van der Waals surface area contributed by atoms with Gasteiger partial charge in [0.05, 0.1) is 6.54 Å². The Kier molecular flexibility index (Phi) is 3.64. The summed E-state index contributed by atoms with van der Waals surface area (Å²) < 4.78 is 4.99. The second-order valence-electron chi connectivity index (χ2n) is 5.95. The van der Waals surface area contributed by atoms with Gasteiger partial charge in [-0.3, -0.25) is 9.59 Å². The van der Waals surface area contributed by atoms with Crippen LogP contribution in [0, 0.1) is 0 Å². The summed E-state index contributed by atoms with van der Waals surface area (Å²) in [5, 5.41) is 2.70. The Balaban J connectivity index is 1.69. The molecule has 0 radical (unpaired) electrons. The number of ether oxygens (including phenoxy) is 1. The molecule has 0 bridgehead atoms. The summed E-state index contributed by atoms with van der Waals surface area (Å²) in [6.45, 7) is 3.18. The Hall–Kier alpha value is -1.96. The van der Waals surface area contributed by atoms with Crippen molar-refractivity contribution < 1.29 is 19.1 Å². The molecule has 0 aromatic carbocycles. The molecular weight excluding hydrogens is 306 g/mol. The lowest BCUT2D eigenvalue weighted by molar-refractivity contribution is -0.140. The fourth-order valence-corrected chi connectivity index (χ4v) is 2.99. The van der Waals surface area contributed by atoms with Crippen LogP contribution in [0.5, 0.6) is 0 Å². The van der Waals surface area contributed by atoms with Gasteiger partial charge in [-0.1, -0.05) is 0 Å². The predicted octanol–water partition coefficient (Wildman–Crippen LogP) is 1.39. The van der Waals surface area contributed by atoms with Gasteiger partial charge in [-0.15, -0.1) is 11.3 Å². The fourth-order valence-electron chi connectivity index (χ4n) is 2.37. The van der Waals surface area contributed by atoms with Crippen LogP contribution >= 0.6 is 11.3 Å². The van der Waals surface area contributed by atoms with E-state index in [-0.39, 0.29) is 18.5 Å². The van der Waals surface area contributed by atoms with Gasteiger partial charge in [0.15, 0.2) is 5.60 Å². The fraction of sp³-hybridized carbons (Fsp3) is 0.571. The van der Waals surface area contributed by atoms with E-state index in [1.54, 1.807) is 11.1 Å². The van der Waals surface area contributed by atoms with Crippen molar-refractivity contribution in [3.05, 3.63) is 16.6 Å². The van der Waals surface area contributed by atoms with E-state index >= 15 is 0 Å². The standard InChI is InChI=1S/C14H17N3O4S/c1-14(2)12(19)17(13(20)21-14)8-11(18)16(9-3-4-9)7-10-15-5-6-22-10/h5-6,9H,3-4,7-8H2,1-2H3. The van der Waals surface area contributed by atoms with Gasteiger partial charge >= 0.3 is 6.09 Å². The number of thiazole rings is 1. The second kappa shape index (κ2) is 5.35. The maximum absolute atomic E-state index is 12.5. The Morgan fingerprint density at radius 1 is 1.50 bits per heavy atom. The number of amides is 3. The van der Waals surface area contributed by atoms with E-state index in [0.29, 0.717) is 6.54 Å². The molecule has 0 unspecified atom stereocenters. The maximum Gasteiger partial charge on any atom is 0.418 e. The SMILES string of the molecule is CC1(C)OC(=O)N(CC(=O)N(Cc2nccs2)C2CC2)C1=O. The largest absolute Gasteiger partial charge is 0.433 e. The average Bonchev–Trinajstić information content (AvgIpc) is 3.12. The summed E-state index contributed by atoms with van der Waals surface area (Å²) in [6.07, 6.45) is 2.83. The lowest BCUT2D eigenvalue weighted by Gasteiger charge is -2.23. The molecule has 1 aromatic rings. The molecule has 22 heavy (non-hydrogen) atoms. The van der Waals surface area contributed by atoms with Gasteiger partial charge in [0, 0.05) is 17.6 Å². The normalized spacial score (nSPS) is 20.2. The molecule has 1 aliphatic carbocycles. The molecule has 7 nitrogen and oxygen atoms in total. The van der Waals surface area contributed by atoms with Crippen molar-refractivity contribution in [1.82, 2.24) is 14.8 Å². The van der Waals surface area contributed by atoms with Gasteiger partial charge in [-0.2, -0.15) is 0 Å². The van der Waals surface area contributed by atoms with Crippen LogP contribution in [0.2, 0.25) is 0 Å². The number of aromatic nitrogens is 1. The maximum atomic E-state index is 12.5. The van der Waals surface area contributed by atoms with Gasteiger partial charge in [0.2, 0.25) is 5.91 Å². The number of nitrogens with zero attached hydrogens (tertiary/aromatic N) is 3. The van der Waals surface area contributed by atoms with Crippen LogP contribution in [-0.4, -0.2) is 50.9 Å². The average molecular weight is 323 g/mol. The highest BCUT2D eigenvalue weighted by atomic mass is 32.1. The van der Waals surface area contributed by atoms with E-state index in [2.05, 4.69) is 4.98 Å². The first-order valence-electron chi connectivity index (χ1n) is 7.11. The van der Waals surface area contributed by atoms with Gasteiger partial charge in [-0.25, -0.2) is 14.7 Å². The van der Waals surface area contributed by atoms with Crippen molar-refractivity contribution in [3.8, 4) is 0 Å². The van der Waals surface area contributed by atoms with Crippen molar-refractivity contribution in [2.75, 3.05) is 6.54 Å². The van der Waals surface area contributed by atoms with Crippen LogP contribution in [0.15, 0.2) is 11.6 Å². The van der Waals surface area contributed by atoms with E-state index in [0.717, 1.165) is 22.7 Å². The highest BCUT2D eigenvalue weighted by molar-refractivity contribution is 7.09. The van der Waals surface area contributed by atoms with Crippen LogP contribution in [0.4, 0.5) is 4.79 Å².